The first-order chi connectivity index (χ1) is 9.36. The minimum atomic E-state index is 0.628. The van der Waals surface area contributed by atoms with E-state index in [1.54, 1.807) is 0 Å². The molecule has 1 saturated carbocycles. The Balaban J connectivity index is 1.74. The zero-order valence-electron chi connectivity index (χ0n) is 11.1. The van der Waals surface area contributed by atoms with Crippen LogP contribution in [-0.2, 0) is 13.1 Å². The van der Waals surface area contributed by atoms with E-state index in [0.29, 0.717) is 6.42 Å². The van der Waals surface area contributed by atoms with Crippen LogP contribution in [0.2, 0.25) is 0 Å². The van der Waals surface area contributed by atoms with Gasteiger partial charge in [0.15, 0.2) is 0 Å². The standard InChI is InChI=1S/C16H19N3/c17-8-1-2-9-19-10-7-14-4-3-13(11-16(14)19)12-18-15-5-6-15/h3-4,7,10-11,15,18H,1-2,5-6,9,12H2. The molecular formula is C16H19N3. The number of aryl methyl sites for hydroxylation is 1. The first-order valence-electron chi connectivity index (χ1n) is 7.05. The number of fused-ring (bicyclic) bond motifs is 1. The van der Waals surface area contributed by atoms with Crippen LogP contribution in [0.25, 0.3) is 10.9 Å². The largest absolute Gasteiger partial charge is 0.347 e. The van der Waals surface area contributed by atoms with Crippen molar-refractivity contribution in [2.75, 3.05) is 0 Å². The molecule has 1 aliphatic carbocycles. The summed E-state index contributed by atoms with van der Waals surface area (Å²) in [5.74, 6) is 0. The minimum Gasteiger partial charge on any atom is -0.347 e. The molecule has 1 N–H and O–H groups in total. The molecule has 19 heavy (non-hydrogen) atoms. The van der Waals surface area contributed by atoms with Gasteiger partial charge in [0.2, 0.25) is 0 Å². The average Bonchev–Trinajstić information content (AvgIpc) is 3.18. The van der Waals surface area contributed by atoms with Crippen LogP contribution in [0.1, 0.15) is 31.2 Å². The molecule has 0 atom stereocenters. The normalized spacial score (nSPS) is 14.7. The van der Waals surface area contributed by atoms with E-state index in [9.17, 15) is 0 Å². The molecule has 0 saturated heterocycles. The topological polar surface area (TPSA) is 40.8 Å². The Labute approximate surface area is 113 Å². The lowest BCUT2D eigenvalue weighted by molar-refractivity contribution is 0.671. The van der Waals surface area contributed by atoms with Crippen LogP contribution in [-0.4, -0.2) is 10.6 Å². The summed E-state index contributed by atoms with van der Waals surface area (Å²) in [4.78, 5) is 0. The molecule has 1 aliphatic rings. The molecular weight excluding hydrogens is 234 g/mol. The van der Waals surface area contributed by atoms with Crippen molar-refractivity contribution in [3.63, 3.8) is 0 Å². The van der Waals surface area contributed by atoms with Gasteiger partial charge in [-0.1, -0.05) is 12.1 Å². The van der Waals surface area contributed by atoms with Gasteiger partial charge in [0.05, 0.1) is 6.07 Å². The Morgan fingerprint density at radius 3 is 3.00 bits per heavy atom. The number of hydrogen-bond donors (Lipinski definition) is 1. The molecule has 1 aromatic heterocycles. The van der Waals surface area contributed by atoms with Gasteiger partial charge in [-0.25, -0.2) is 0 Å². The predicted molar refractivity (Wildman–Crippen MR) is 76.6 cm³/mol. The van der Waals surface area contributed by atoms with Gasteiger partial charge in [-0.2, -0.15) is 5.26 Å². The van der Waals surface area contributed by atoms with Gasteiger partial charge < -0.3 is 9.88 Å². The van der Waals surface area contributed by atoms with E-state index in [1.807, 2.05) is 0 Å². The summed E-state index contributed by atoms with van der Waals surface area (Å²) in [6, 6.07) is 11.8. The highest BCUT2D eigenvalue weighted by Gasteiger charge is 2.19. The van der Waals surface area contributed by atoms with Crippen molar-refractivity contribution in [1.82, 2.24) is 9.88 Å². The van der Waals surface area contributed by atoms with Crippen molar-refractivity contribution < 1.29 is 0 Å². The predicted octanol–water partition coefficient (Wildman–Crippen LogP) is 3.20. The van der Waals surface area contributed by atoms with Crippen molar-refractivity contribution >= 4 is 10.9 Å². The van der Waals surface area contributed by atoms with Crippen LogP contribution >= 0.6 is 0 Å². The second-order valence-electron chi connectivity index (χ2n) is 5.32. The Morgan fingerprint density at radius 2 is 2.21 bits per heavy atom. The number of aromatic nitrogens is 1. The lowest BCUT2D eigenvalue weighted by Gasteiger charge is -2.07. The van der Waals surface area contributed by atoms with E-state index in [4.69, 9.17) is 5.26 Å². The molecule has 0 radical (unpaired) electrons. The van der Waals surface area contributed by atoms with Crippen LogP contribution < -0.4 is 5.32 Å². The summed E-state index contributed by atoms with van der Waals surface area (Å²) in [6.45, 7) is 1.89. The van der Waals surface area contributed by atoms with Crippen molar-refractivity contribution in [2.45, 2.75) is 44.8 Å². The van der Waals surface area contributed by atoms with Crippen LogP contribution in [0, 0.1) is 11.3 Å². The van der Waals surface area contributed by atoms with Crippen LogP contribution in [0.3, 0.4) is 0 Å². The number of benzene rings is 1. The Hall–Kier alpha value is -1.79. The van der Waals surface area contributed by atoms with E-state index in [0.717, 1.165) is 25.6 Å². The number of nitrogens with zero attached hydrogens (tertiary/aromatic N) is 2. The summed E-state index contributed by atoms with van der Waals surface area (Å²) in [5.41, 5.74) is 2.63. The van der Waals surface area contributed by atoms with Gasteiger partial charge in [-0.15, -0.1) is 0 Å². The van der Waals surface area contributed by atoms with Gasteiger partial charge in [0.1, 0.15) is 0 Å². The second-order valence-corrected chi connectivity index (χ2v) is 5.32. The zero-order valence-corrected chi connectivity index (χ0v) is 11.1. The maximum absolute atomic E-state index is 8.61. The lowest BCUT2D eigenvalue weighted by Crippen LogP contribution is -2.15. The first-order valence-corrected chi connectivity index (χ1v) is 7.05. The van der Waals surface area contributed by atoms with Crippen LogP contribution in [0.15, 0.2) is 30.5 Å². The van der Waals surface area contributed by atoms with E-state index < -0.39 is 0 Å². The third-order valence-corrected chi connectivity index (χ3v) is 3.70. The summed E-state index contributed by atoms with van der Waals surface area (Å²) in [7, 11) is 0. The van der Waals surface area contributed by atoms with E-state index >= 15 is 0 Å². The Morgan fingerprint density at radius 1 is 1.32 bits per heavy atom. The molecule has 3 nitrogen and oxygen atoms in total. The summed E-state index contributed by atoms with van der Waals surface area (Å²) in [5, 5.41) is 13.4. The highest BCUT2D eigenvalue weighted by Crippen LogP contribution is 2.21. The first kappa shape index (κ1) is 12.3. The van der Waals surface area contributed by atoms with Gasteiger partial charge >= 0.3 is 0 Å². The number of nitrogens with one attached hydrogen (secondary N) is 1. The maximum atomic E-state index is 8.61. The SMILES string of the molecule is N#CCCCn1ccc2ccc(CNC3CC3)cc21. The highest BCUT2D eigenvalue weighted by atomic mass is 15.0. The fourth-order valence-corrected chi connectivity index (χ4v) is 2.41. The third-order valence-electron chi connectivity index (χ3n) is 3.70. The van der Waals surface area contributed by atoms with Crippen molar-refractivity contribution in [1.29, 1.82) is 5.26 Å². The fraction of sp³-hybridized carbons (Fsp3) is 0.438. The Bertz CT molecular complexity index is 602. The zero-order chi connectivity index (χ0) is 13.1. The molecule has 0 spiro atoms. The van der Waals surface area contributed by atoms with Gasteiger partial charge in [0, 0.05) is 37.3 Å². The van der Waals surface area contributed by atoms with E-state index in [-0.39, 0.29) is 0 Å². The third kappa shape index (κ3) is 2.97. The summed E-state index contributed by atoms with van der Waals surface area (Å²) >= 11 is 0. The molecule has 2 aromatic rings. The molecule has 1 fully saturated rings. The minimum absolute atomic E-state index is 0.628. The monoisotopic (exact) mass is 253 g/mol. The summed E-state index contributed by atoms with van der Waals surface area (Å²) < 4.78 is 2.26. The number of nitriles is 1. The van der Waals surface area contributed by atoms with Gasteiger partial charge in [0.25, 0.3) is 0 Å². The molecule has 3 rings (SSSR count). The molecule has 98 valence electrons. The van der Waals surface area contributed by atoms with E-state index in [1.165, 1.54) is 29.3 Å². The number of rotatable bonds is 6. The Kier molecular flexibility index (Phi) is 3.52. The average molecular weight is 253 g/mol. The molecule has 3 heteroatoms. The molecule has 0 unspecified atom stereocenters. The fourth-order valence-electron chi connectivity index (χ4n) is 2.41. The van der Waals surface area contributed by atoms with Gasteiger partial charge in [-0.05, 0) is 42.3 Å². The summed E-state index contributed by atoms with van der Waals surface area (Å²) in [6.07, 6.45) is 6.33. The van der Waals surface area contributed by atoms with Crippen molar-refractivity contribution in [3.05, 3.63) is 36.0 Å². The molecule has 1 heterocycles. The maximum Gasteiger partial charge on any atom is 0.0622 e. The van der Waals surface area contributed by atoms with Crippen molar-refractivity contribution in [3.8, 4) is 6.07 Å². The van der Waals surface area contributed by atoms with Crippen molar-refractivity contribution in [2.24, 2.45) is 0 Å². The van der Waals surface area contributed by atoms with Crippen LogP contribution in [0.5, 0.6) is 0 Å². The van der Waals surface area contributed by atoms with Gasteiger partial charge in [-0.3, -0.25) is 0 Å². The van der Waals surface area contributed by atoms with Crippen LogP contribution in [0.4, 0.5) is 0 Å². The number of unbranched alkanes of at least 4 members (excludes halogenated alkanes) is 1. The van der Waals surface area contributed by atoms with E-state index in [2.05, 4.69) is 46.4 Å². The quantitative estimate of drug-likeness (QED) is 0.803. The smallest absolute Gasteiger partial charge is 0.0622 e. The lowest BCUT2D eigenvalue weighted by atomic mass is 10.1. The molecule has 0 bridgehead atoms. The molecule has 0 amide bonds. The number of hydrogen-bond acceptors (Lipinski definition) is 2. The highest BCUT2D eigenvalue weighted by molar-refractivity contribution is 5.80. The molecule has 0 aliphatic heterocycles. The second kappa shape index (κ2) is 5.46. The molecule has 1 aromatic carbocycles.